The van der Waals surface area contributed by atoms with Crippen LogP contribution in [0.2, 0.25) is 0 Å². The van der Waals surface area contributed by atoms with Crippen LogP contribution in [0.1, 0.15) is 17.3 Å². The van der Waals surface area contributed by atoms with Crippen LogP contribution in [0.3, 0.4) is 0 Å². The minimum Gasteiger partial charge on any atom is -0.394 e. The lowest BCUT2D eigenvalue weighted by atomic mass is 10.2. The molecule has 62 valence electrons. The van der Waals surface area contributed by atoms with Gasteiger partial charge in [0.1, 0.15) is 0 Å². The SMILES string of the molecule is C#Cc1ccc([C@@H](N)CO)nc1. The molecule has 0 saturated carbocycles. The highest BCUT2D eigenvalue weighted by Gasteiger charge is 2.03. The third-order valence-corrected chi connectivity index (χ3v) is 1.53. The van der Waals surface area contributed by atoms with Gasteiger partial charge in [0.15, 0.2) is 0 Å². The summed E-state index contributed by atoms with van der Waals surface area (Å²) in [6, 6.07) is 3.05. The first kappa shape index (κ1) is 8.72. The van der Waals surface area contributed by atoms with Crippen LogP contribution in [0.4, 0.5) is 0 Å². The summed E-state index contributed by atoms with van der Waals surface area (Å²) in [6.45, 7) is -0.109. The molecule has 0 aliphatic heterocycles. The number of aliphatic hydroxyl groups excluding tert-OH is 1. The topological polar surface area (TPSA) is 59.1 Å². The quantitative estimate of drug-likeness (QED) is 0.604. The molecule has 0 aromatic carbocycles. The van der Waals surface area contributed by atoms with Crippen molar-refractivity contribution in [3.63, 3.8) is 0 Å². The van der Waals surface area contributed by atoms with E-state index in [-0.39, 0.29) is 6.61 Å². The van der Waals surface area contributed by atoms with Gasteiger partial charge in [0.05, 0.1) is 18.3 Å². The normalized spacial score (nSPS) is 12.1. The van der Waals surface area contributed by atoms with E-state index in [2.05, 4.69) is 10.9 Å². The lowest BCUT2D eigenvalue weighted by Crippen LogP contribution is -2.15. The third kappa shape index (κ3) is 1.82. The van der Waals surface area contributed by atoms with E-state index in [0.29, 0.717) is 11.3 Å². The molecular formula is C9H10N2O. The van der Waals surface area contributed by atoms with Crippen molar-refractivity contribution in [1.29, 1.82) is 0 Å². The monoisotopic (exact) mass is 162 g/mol. The average Bonchev–Trinajstić information content (AvgIpc) is 2.17. The number of pyridine rings is 1. The first-order valence-corrected chi connectivity index (χ1v) is 3.57. The van der Waals surface area contributed by atoms with Crippen molar-refractivity contribution in [1.82, 2.24) is 4.98 Å². The molecule has 12 heavy (non-hydrogen) atoms. The van der Waals surface area contributed by atoms with Gasteiger partial charge in [-0.2, -0.15) is 0 Å². The van der Waals surface area contributed by atoms with Gasteiger partial charge in [0.25, 0.3) is 0 Å². The van der Waals surface area contributed by atoms with Crippen molar-refractivity contribution in [2.75, 3.05) is 6.61 Å². The molecule has 0 aliphatic rings. The number of aromatic nitrogens is 1. The van der Waals surface area contributed by atoms with Crippen LogP contribution in [0.15, 0.2) is 18.3 Å². The second kappa shape index (κ2) is 3.86. The first-order chi connectivity index (χ1) is 5.77. The van der Waals surface area contributed by atoms with E-state index in [0.717, 1.165) is 0 Å². The van der Waals surface area contributed by atoms with E-state index in [9.17, 15) is 0 Å². The molecule has 0 amide bonds. The van der Waals surface area contributed by atoms with Gasteiger partial charge in [-0.1, -0.05) is 5.92 Å². The van der Waals surface area contributed by atoms with E-state index >= 15 is 0 Å². The fourth-order valence-corrected chi connectivity index (χ4v) is 0.804. The minimum atomic E-state index is -0.420. The number of hydrogen-bond donors (Lipinski definition) is 2. The summed E-state index contributed by atoms with van der Waals surface area (Å²) in [4.78, 5) is 3.99. The lowest BCUT2D eigenvalue weighted by Gasteiger charge is -2.05. The van der Waals surface area contributed by atoms with E-state index in [1.165, 1.54) is 0 Å². The Morgan fingerprint density at radius 1 is 1.67 bits per heavy atom. The number of nitrogens with two attached hydrogens (primary N) is 1. The predicted molar refractivity (Wildman–Crippen MR) is 46.2 cm³/mol. The van der Waals surface area contributed by atoms with Crippen molar-refractivity contribution in [3.05, 3.63) is 29.6 Å². The number of hydrogen-bond acceptors (Lipinski definition) is 3. The summed E-state index contributed by atoms with van der Waals surface area (Å²) in [5.74, 6) is 2.45. The second-order valence-electron chi connectivity index (χ2n) is 2.41. The van der Waals surface area contributed by atoms with Crippen LogP contribution in [0.5, 0.6) is 0 Å². The smallest absolute Gasteiger partial charge is 0.0704 e. The highest BCUT2D eigenvalue weighted by Crippen LogP contribution is 2.06. The fourth-order valence-electron chi connectivity index (χ4n) is 0.804. The molecule has 0 saturated heterocycles. The zero-order valence-electron chi connectivity index (χ0n) is 6.57. The van der Waals surface area contributed by atoms with Gasteiger partial charge < -0.3 is 10.8 Å². The van der Waals surface area contributed by atoms with Crippen molar-refractivity contribution < 1.29 is 5.11 Å². The van der Waals surface area contributed by atoms with Gasteiger partial charge >= 0.3 is 0 Å². The molecule has 0 fully saturated rings. The molecule has 1 aromatic rings. The molecule has 3 nitrogen and oxygen atoms in total. The summed E-state index contributed by atoms with van der Waals surface area (Å²) in [5.41, 5.74) is 6.88. The summed E-state index contributed by atoms with van der Waals surface area (Å²) in [7, 11) is 0. The Balaban J connectivity index is 2.86. The number of aliphatic hydroxyl groups is 1. The molecule has 0 unspecified atom stereocenters. The summed E-state index contributed by atoms with van der Waals surface area (Å²) in [6.07, 6.45) is 6.70. The molecule has 3 N–H and O–H groups in total. The van der Waals surface area contributed by atoms with Crippen LogP contribution in [0.25, 0.3) is 0 Å². The van der Waals surface area contributed by atoms with Gasteiger partial charge in [-0.15, -0.1) is 6.42 Å². The average molecular weight is 162 g/mol. The van der Waals surface area contributed by atoms with Crippen LogP contribution in [0, 0.1) is 12.3 Å². The molecule has 1 atom stereocenters. The Kier molecular flexibility index (Phi) is 2.81. The van der Waals surface area contributed by atoms with Crippen molar-refractivity contribution in [2.24, 2.45) is 5.73 Å². The Morgan fingerprint density at radius 2 is 2.42 bits per heavy atom. The molecule has 1 heterocycles. The molecular weight excluding hydrogens is 152 g/mol. The number of nitrogens with zero attached hydrogens (tertiary/aromatic N) is 1. The molecule has 0 bridgehead atoms. The third-order valence-electron chi connectivity index (χ3n) is 1.53. The van der Waals surface area contributed by atoms with Crippen LogP contribution < -0.4 is 5.73 Å². The highest BCUT2D eigenvalue weighted by atomic mass is 16.3. The van der Waals surface area contributed by atoms with Crippen molar-refractivity contribution >= 4 is 0 Å². The van der Waals surface area contributed by atoms with E-state index in [4.69, 9.17) is 17.3 Å². The standard InChI is InChI=1S/C9H10N2O/c1-2-7-3-4-9(11-5-7)8(10)6-12/h1,3-5,8,12H,6,10H2/t8-/m0/s1. The van der Waals surface area contributed by atoms with Gasteiger partial charge in [-0.3, -0.25) is 4.98 Å². The zero-order valence-corrected chi connectivity index (χ0v) is 6.57. The van der Waals surface area contributed by atoms with E-state index in [1.807, 2.05) is 0 Å². The largest absolute Gasteiger partial charge is 0.394 e. The van der Waals surface area contributed by atoms with Gasteiger partial charge in [0.2, 0.25) is 0 Å². The molecule has 3 heteroatoms. The second-order valence-corrected chi connectivity index (χ2v) is 2.41. The molecule has 0 radical (unpaired) electrons. The van der Waals surface area contributed by atoms with Crippen molar-refractivity contribution in [3.8, 4) is 12.3 Å². The first-order valence-electron chi connectivity index (χ1n) is 3.57. The van der Waals surface area contributed by atoms with E-state index in [1.54, 1.807) is 18.3 Å². The maximum Gasteiger partial charge on any atom is 0.0704 e. The summed E-state index contributed by atoms with van der Waals surface area (Å²) in [5, 5.41) is 8.71. The van der Waals surface area contributed by atoms with Crippen LogP contribution >= 0.6 is 0 Å². The summed E-state index contributed by atoms with van der Waals surface area (Å²) < 4.78 is 0. The van der Waals surface area contributed by atoms with Crippen LogP contribution in [-0.4, -0.2) is 16.7 Å². The highest BCUT2D eigenvalue weighted by molar-refractivity contribution is 5.30. The lowest BCUT2D eigenvalue weighted by molar-refractivity contribution is 0.266. The van der Waals surface area contributed by atoms with Gasteiger partial charge in [0, 0.05) is 11.8 Å². The van der Waals surface area contributed by atoms with E-state index < -0.39 is 6.04 Å². The molecule has 0 spiro atoms. The Labute approximate surface area is 71.2 Å². The summed E-state index contributed by atoms with van der Waals surface area (Å²) >= 11 is 0. The number of rotatable bonds is 2. The maximum atomic E-state index is 8.71. The fraction of sp³-hybridized carbons (Fsp3) is 0.222. The predicted octanol–water partition coefficient (Wildman–Crippen LogP) is 0.0550. The van der Waals surface area contributed by atoms with Gasteiger partial charge in [-0.05, 0) is 12.1 Å². The number of terminal acetylenes is 1. The minimum absolute atomic E-state index is 0.109. The zero-order chi connectivity index (χ0) is 8.97. The maximum absolute atomic E-state index is 8.71. The Hall–Kier alpha value is -1.37. The molecule has 1 aromatic heterocycles. The Bertz CT molecular complexity index is 286. The molecule has 0 aliphatic carbocycles. The molecule has 1 rings (SSSR count). The van der Waals surface area contributed by atoms with Crippen molar-refractivity contribution in [2.45, 2.75) is 6.04 Å². The Morgan fingerprint density at radius 3 is 2.83 bits per heavy atom. The van der Waals surface area contributed by atoms with Crippen LogP contribution in [-0.2, 0) is 0 Å². The van der Waals surface area contributed by atoms with Gasteiger partial charge in [-0.25, -0.2) is 0 Å².